The zero-order valence-corrected chi connectivity index (χ0v) is 20.9. The number of aryl methyl sites for hydroxylation is 1. The fourth-order valence-corrected chi connectivity index (χ4v) is 4.62. The van der Waals surface area contributed by atoms with Crippen molar-refractivity contribution >= 4 is 28.8 Å². The summed E-state index contributed by atoms with van der Waals surface area (Å²) >= 11 is 1.13. The summed E-state index contributed by atoms with van der Waals surface area (Å²) < 4.78 is 5.02. The Kier molecular flexibility index (Phi) is 10.1. The predicted octanol–water partition coefficient (Wildman–Crippen LogP) is 5.14. The molecular weight excluding hydrogens is 458 g/mol. The molecule has 0 fully saturated rings. The van der Waals surface area contributed by atoms with Crippen molar-refractivity contribution in [3.63, 3.8) is 0 Å². The molecule has 0 spiro atoms. The van der Waals surface area contributed by atoms with E-state index in [4.69, 9.17) is 4.74 Å². The molecule has 0 aliphatic carbocycles. The van der Waals surface area contributed by atoms with Crippen LogP contribution in [0.3, 0.4) is 0 Å². The van der Waals surface area contributed by atoms with Gasteiger partial charge in [0.05, 0.1) is 7.11 Å². The molecule has 0 radical (unpaired) electrons. The van der Waals surface area contributed by atoms with E-state index in [0.29, 0.717) is 30.6 Å². The van der Waals surface area contributed by atoms with Gasteiger partial charge in [0.2, 0.25) is 5.91 Å². The van der Waals surface area contributed by atoms with Crippen molar-refractivity contribution in [3.05, 3.63) is 107 Å². The van der Waals surface area contributed by atoms with Crippen LogP contribution in [0, 0.1) is 5.92 Å². The molecule has 3 aromatic rings. The van der Waals surface area contributed by atoms with Gasteiger partial charge in [-0.05, 0) is 41.5 Å². The van der Waals surface area contributed by atoms with Crippen LogP contribution in [-0.4, -0.2) is 29.9 Å². The molecule has 2 unspecified atom stereocenters. The molecule has 5 nitrogen and oxygen atoms in total. The summed E-state index contributed by atoms with van der Waals surface area (Å²) in [7, 11) is 1.31. The highest BCUT2D eigenvalue weighted by molar-refractivity contribution is 8.13. The van der Waals surface area contributed by atoms with Gasteiger partial charge in [-0.3, -0.25) is 9.59 Å². The van der Waals surface area contributed by atoms with Crippen molar-refractivity contribution in [2.45, 2.75) is 32.2 Å². The Morgan fingerprint density at radius 3 is 2.11 bits per heavy atom. The van der Waals surface area contributed by atoms with Crippen LogP contribution >= 0.6 is 11.8 Å². The Bertz CT molecular complexity index is 1120. The molecule has 3 rings (SSSR count). The van der Waals surface area contributed by atoms with Crippen LogP contribution in [0.25, 0.3) is 0 Å². The normalized spacial score (nSPS) is 12.4. The van der Waals surface area contributed by atoms with Gasteiger partial charge >= 0.3 is 5.97 Å². The van der Waals surface area contributed by atoms with Crippen molar-refractivity contribution in [2.24, 2.45) is 5.92 Å². The van der Waals surface area contributed by atoms with E-state index in [1.807, 2.05) is 72.8 Å². The second-order valence-electron chi connectivity index (χ2n) is 8.40. The Hall–Kier alpha value is -3.38. The van der Waals surface area contributed by atoms with Crippen molar-refractivity contribution in [1.29, 1.82) is 0 Å². The number of methoxy groups -OCH3 is 1. The lowest BCUT2D eigenvalue weighted by molar-refractivity contribution is -0.145. The first-order valence-corrected chi connectivity index (χ1v) is 12.6. The number of esters is 1. The lowest BCUT2D eigenvalue weighted by Crippen LogP contribution is -2.39. The highest BCUT2D eigenvalue weighted by Crippen LogP contribution is 2.22. The lowest BCUT2D eigenvalue weighted by Gasteiger charge is -2.22. The van der Waals surface area contributed by atoms with Gasteiger partial charge in [0, 0.05) is 18.6 Å². The molecular formula is C29H31NO4S. The Morgan fingerprint density at radius 2 is 1.49 bits per heavy atom. The van der Waals surface area contributed by atoms with Crippen LogP contribution in [0.4, 0.5) is 0 Å². The van der Waals surface area contributed by atoms with Crippen molar-refractivity contribution in [2.75, 3.05) is 12.9 Å². The van der Waals surface area contributed by atoms with Gasteiger partial charge in [-0.1, -0.05) is 96.7 Å². The van der Waals surface area contributed by atoms with E-state index >= 15 is 0 Å². The molecule has 1 N–H and O–H groups in total. The largest absolute Gasteiger partial charge is 0.467 e. The smallest absolute Gasteiger partial charge is 0.333 e. The molecule has 6 heteroatoms. The third-order valence-electron chi connectivity index (χ3n) is 5.74. The van der Waals surface area contributed by atoms with Crippen LogP contribution in [0.1, 0.15) is 41.6 Å². The van der Waals surface area contributed by atoms with E-state index in [9.17, 15) is 14.4 Å². The monoisotopic (exact) mass is 489 g/mol. The zero-order chi connectivity index (χ0) is 25.0. The minimum atomic E-state index is -0.926. The summed E-state index contributed by atoms with van der Waals surface area (Å²) in [6.45, 7) is 1.49. The number of carbonyl (C=O) groups is 3. The molecule has 2 atom stereocenters. The number of hydrogen-bond acceptors (Lipinski definition) is 5. The number of benzene rings is 3. The van der Waals surface area contributed by atoms with E-state index in [1.54, 1.807) is 0 Å². The fourth-order valence-electron chi connectivity index (χ4n) is 3.86. The fraction of sp³-hybridized carbons (Fsp3) is 0.276. The number of rotatable bonds is 11. The number of carbonyl (C=O) groups excluding carboxylic acids is 3. The van der Waals surface area contributed by atoms with Gasteiger partial charge in [0.15, 0.2) is 11.2 Å². The summed E-state index contributed by atoms with van der Waals surface area (Å²) in [5.74, 6) is -0.866. The average Bonchev–Trinajstić information content (AvgIpc) is 2.88. The van der Waals surface area contributed by atoms with Crippen LogP contribution < -0.4 is 5.32 Å². The van der Waals surface area contributed by atoms with Gasteiger partial charge in [-0.2, -0.15) is 0 Å². The maximum atomic E-state index is 13.3. The second-order valence-corrected chi connectivity index (χ2v) is 9.59. The molecule has 0 aromatic heterocycles. The molecule has 0 heterocycles. The molecule has 0 aliphatic heterocycles. The molecule has 3 aromatic carbocycles. The Labute approximate surface area is 211 Å². The standard InChI is InChI=1S/C29H31NO4S/c1-21(31)35-20-26(17-16-22-10-5-3-6-11-22)28(32)30-27(29(33)34-2)25-15-9-14-24(19-25)18-23-12-7-4-8-13-23/h3-15,19,26-27H,16-18,20H2,1-2H3,(H,30,32). The summed E-state index contributed by atoms with van der Waals surface area (Å²) in [6, 6.07) is 26.7. The van der Waals surface area contributed by atoms with Gasteiger partial charge in [0.1, 0.15) is 0 Å². The van der Waals surface area contributed by atoms with Crippen LogP contribution in [-0.2, 0) is 32.0 Å². The highest BCUT2D eigenvalue weighted by atomic mass is 32.2. The number of hydrogen-bond donors (Lipinski definition) is 1. The van der Waals surface area contributed by atoms with Gasteiger partial charge in [-0.25, -0.2) is 4.79 Å². The lowest BCUT2D eigenvalue weighted by atomic mass is 9.97. The summed E-state index contributed by atoms with van der Waals surface area (Å²) in [5, 5.41) is 2.86. The first kappa shape index (κ1) is 26.2. The first-order valence-electron chi connectivity index (χ1n) is 11.6. The minimum Gasteiger partial charge on any atom is -0.467 e. The van der Waals surface area contributed by atoms with Gasteiger partial charge in [0.25, 0.3) is 0 Å². The molecule has 1 amide bonds. The van der Waals surface area contributed by atoms with Crippen LogP contribution in [0.2, 0.25) is 0 Å². The van der Waals surface area contributed by atoms with Crippen molar-refractivity contribution in [1.82, 2.24) is 5.32 Å². The highest BCUT2D eigenvalue weighted by Gasteiger charge is 2.28. The molecule has 0 aliphatic rings. The van der Waals surface area contributed by atoms with E-state index in [0.717, 1.165) is 28.5 Å². The second kappa shape index (κ2) is 13.5. The SMILES string of the molecule is COC(=O)C(NC(=O)C(CCc1ccccc1)CSC(C)=O)c1cccc(Cc2ccccc2)c1. The van der Waals surface area contributed by atoms with Crippen LogP contribution in [0.5, 0.6) is 0 Å². The zero-order valence-electron chi connectivity index (χ0n) is 20.1. The number of nitrogens with one attached hydrogen (secondary N) is 1. The van der Waals surface area contributed by atoms with Gasteiger partial charge < -0.3 is 10.1 Å². The summed E-state index contributed by atoms with van der Waals surface area (Å²) in [6.07, 6.45) is 1.98. The van der Waals surface area contributed by atoms with E-state index in [-0.39, 0.29) is 11.0 Å². The van der Waals surface area contributed by atoms with E-state index < -0.39 is 17.9 Å². The van der Waals surface area contributed by atoms with E-state index in [1.165, 1.54) is 14.0 Å². The third-order valence-corrected chi connectivity index (χ3v) is 6.72. The quantitative estimate of drug-likeness (QED) is 0.378. The van der Waals surface area contributed by atoms with Gasteiger partial charge in [-0.15, -0.1) is 0 Å². The summed E-state index contributed by atoms with van der Waals surface area (Å²) in [5.41, 5.74) is 3.98. The maximum Gasteiger partial charge on any atom is 0.333 e. The number of thioether (sulfide) groups is 1. The topological polar surface area (TPSA) is 72.5 Å². The first-order chi connectivity index (χ1) is 17.0. The third kappa shape index (κ3) is 8.41. The molecule has 0 bridgehead atoms. The Balaban J connectivity index is 1.77. The number of amides is 1. The predicted molar refractivity (Wildman–Crippen MR) is 140 cm³/mol. The molecule has 0 saturated heterocycles. The van der Waals surface area contributed by atoms with Crippen molar-refractivity contribution < 1.29 is 19.1 Å². The number of ether oxygens (including phenoxy) is 1. The van der Waals surface area contributed by atoms with E-state index in [2.05, 4.69) is 17.4 Å². The average molecular weight is 490 g/mol. The minimum absolute atomic E-state index is 0.0411. The van der Waals surface area contributed by atoms with Crippen LogP contribution in [0.15, 0.2) is 84.9 Å². The molecule has 182 valence electrons. The molecule has 35 heavy (non-hydrogen) atoms. The Morgan fingerprint density at radius 1 is 0.857 bits per heavy atom. The summed E-state index contributed by atoms with van der Waals surface area (Å²) in [4.78, 5) is 37.6. The molecule has 0 saturated carbocycles. The maximum absolute atomic E-state index is 13.3. The van der Waals surface area contributed by atoms with Crippen molar-refractivity contribution in [3.8, 4) is 0 Å².